The molecule has 2 rings (SSSR count). The molecule has 1 aromatic rings. The Kier molecular flexibility index (Phi) is 4.90. The number of rotatable bonds is 4. The van der Waals surface area contributed by atoms with Crippen molar-refractivity contribution in [2.45, 2.75) is 19.8 Å². The minimum absolute atomic E-state index is 0.00594. The molecule has 114 valence electrons. The zero-order chi connectivity index (χ0) is 15.4. The van der Waals surface area contributed by atoms with Crippen molar-refractivity contribution in [1.82, 2.24) is 10.2 Å². The summed E-state index contributed by atoms with van der Waals surface area (Å²) in [5.74, 6) is 0.300. The third-order valence-electron chi connectivity index (χ3n) is 4.01. The van der Waals surface area contributed by atoms with Gasteiger partial charge in [-0.1, -0.05) is 6.07 Å². The first-order chi connectivity index (χ1) is 10.0. The molecule has 6 nitrogen and oxygen atoms in total. The second-order valence-corrected chi connectivity index (χ2v) is 5.60. The van der Waals surface area contributed by atoms with Gasteiger partial charge in [0.05, 0.1) is 4.92 Å². The highest BCUT2D eigenvalue weighted by atomic mass is 16.6. The molecule has 1 aliphatic rings. The molecule has 1 heterocycles. The molecule has 1 N–H and O–H groups in total. The Hall–Kier alpha value is -1.95. The zero-order valence-electron chi connectivity index (χ0n) is 12.5. The summed E-state index contributed by atoms with van der Waals surface area (Å²) >= 11 is 0. The van der Waals surface area contributed by atoms with Crippen LogP contribution in [0, 0.1) is 23.0 Å². The lowest BCUT2D eigenvalue weighted by molar-refractivity contribution is -0.385. The van der Waals surface area contributed by atoms with Crippen LogP contribution in [0.2, 0.25) is 0 Å². The Morgan fingerprint density at radius 1 is 1.52 bits per heavy atom. The predicted octanol–water partition coefficient (Wildman–Crippen LogP) is 1.97. The van der Waals surface area contributed by atoms with Crippen LogP contribution < -0.4 is 5.32 Å². The van der Waals surface area contributed by atoms with Gasteiger partial charge >= 0.3 is 0 Å². The minimum atomic E-state index is -0.447. The Labute approximate surface area is 124 Å². The normalized spacial score (nSPS) is 18.3. The first-order valence-corrected chi connectivity index (χ1v) is 7.21. The summed E-state index contributed by atoms with van der Waals surface area (Å²) in [7, 11) is 1.76. The predicted molar refractivity (Wildman–Crippen MR) is 80.4 cm³/mol. The summed E-state index contributed by atoms with van der Waals surface area (Å²) in [5, 5.41) is 14.3. The quantitative estimate of drug-likeness (QED) is 0.680. The van der Waals surface area contributed by atoms with Crippen molar-refractivity contribution in [2.75, 3.05) is 26.7 Å². The zero-order valence-corrected chi connectivity index (χ0v) is 12.5. The fourth-order valence-electron chi connectivity index (χ4n) is 2.81. The lowest BCUT2D eigenvalue weighted by Crippen LogP contribution is -2.39. The number of hydrogen-bond acceptors (Lipinski definition) is 4. The van der Waals surface area contributed by atoms with E-state index in [1.807, 2.05) is 0 Å². The molecule has 1 fully saturated rings. The van der Waals surface area contributed by atoms with Crippen LogP contribution in [-0.2, 0) is 0 Å². The molecule has 0 bridgehead atoms. The Balaban J connectivity index is 2.11. The molecule has 0 saturated carbocycles. The van der Waals surface area contributed by atoms with Crippen molar-refractivity contribution in [3.8, 4) is 0 Å². The second kappa shape index (κ2) is 6.67. The number of amides is 1. The topological polar surface area (TPSA) is 75.5 Å². The molecule has 1 unspecified atom stereocenters. The average Bonchev–Trinajstić information content (AvgIpc) is 2.47. The Bertz CT molecular complexity index is 539. The molecular formula is C15H21N3O3. The van der Waals surface area contributed by atoms with Gasteiger partial charge in [0, 0.05) is 30.8 Å². The molecule has 0 aliphatic carbocycles. The van der Waals surface area contributed by atoms with Gasteiger partial charge in [-0.15, -0.1) is 0 Å². The number of nitro benzene ring substituents is 1. The van der Waals surface area contributed by atoms with Gasteiger partial charge in [-0.05, 0) is 44.8 Å². The van der Waals surface area contributed by atoms with Gasteiger partial charge in [-0.25, -0.2) is 0 Å². The number of carbonyl (C=O) groups excluding carboxylic acids is 1. The van der Waals surface area contributed by atoms with Gasteiger partial charge in [-0.2, -0.15) is 0 Å². The highest BCUT2D eigenvalue weighted by Gasteiger charge is 2.23. The van der Waals surface area contributed by atoms with Crippen LogP contribution in [0.5, 0.6) is 0 Å². The van der Waals surface area contributed by atoms with E-state index >= 15 is 0 Å². The summed E-state index contributed by atoms with van der Waals surface area (Å²) in [4.78, 5) is 24.7. The van der Waals surface area contributed by atoms with Gasteiger partial charge in [-0.3, -0.25) is 14.9 Å². The van der Waals surface area contributed by atoms with E-state index in [1.165, 1.54) is 6.07 Å². The Morgan fingerprint density at radius 3 is 2.90 bits per heavy atom. The highest BCUT2D eigenvalue weighted by Crippen LogP contribution is 2.22. The van der Waals surface area contributed by atoms with E-state index in [1.54, 1.807) is 31.0 Å². The van der Waals surface area contributed by atoms with Gasteiger partial charge in [0.1, 0.15) is 0 Å². The molecule has 6 heteroatoms. The van der Waals surface area contributed by atoms with E-state index in [-0.39, 0.29) is 11.6 Å². The van der Waals surface area contributed by atoms with Gasteiger partial charge in [0.2, 0.25) is 0 Å². The molecule has 1 saturated heterocycles. The van der Waals surface area contributed by atoms with E-state index in [0.29, 0.717) is 23.6 Å². The SMILES string of the molecule is Cc1c(C(=O)N(C)CC2CCCNC2)cccc1[N+](=O)[O-]. The first-order valence-electron chi connectivity index (χ1n) is 7.21. The van der Waals surface area contributed by atoms with Crippen LogP contribution in [0.1, 0.15) is 28.8 Å². The van der Waals surface area contributed by atoms with Crippen LogP contribution >= 0.6 is 0 Å². The third-order valence-corrected chi connectivity index (χ3v) is 4.01. The summed E-state index contributed by atoms with van der Waals surface area (Å²) in [5.41, 5.74) is 0.838. The average molecular weight is 291 g/mol. The number of benzene rings is 1. The van der Waals surface area contributed by atoms with Crippen molar-refractivity contribution < 1.29 is 9.72 Å². The molecule has 1 amide bonds. The smallest absolute Gasteiger partial charge is 0.273 e. The van der Waals surface area contributed by atoms with E-state index in [4.69, 9.17) is 0 Å². The maximum absolute atomic E-state index is 12.5. The summed E-state index contributed by atoms with van der Waals surface area (Å²) in [6.45, 7) is 4.26. The van der Waals surface area contributed by atoms with Crippen molar-refractivity contribution in [2.24, 2.45) is 5.92 Å². The summed E-state index contributed by atoms with van der Waals surface area (Å²) < 4.78 is 0. The summed E-state index contributed by atoms with van der Waals surface area (Å²) in [6.07, 6.45) is 2.24. The maximum atomic E-state index is 12.5. The van der Waals surface area contributed by atoms with Crippen LogP contribution in [-0.4, -0.2) is 42.4 Å². The fourth-order valence-corrected chi connectivity index (χ4v) is 2.81. The van der Waals surface area contributed by atoms with Crippen LogP contribution in [0.15, 0.2) is 18.2 Å². The van der Waals surface area contributed by atoms with Crippen molar-refractivity contribution in [3.63, 3.8) is 0 Å². The van der Waals surface area contributed by atoms with Gasteiger partial charge in [0.15, 0.2) is 0 Å². The number of nitrogens with zero attached hydrogens (tertiary/aromatic N) is 2. The van der Waals surface area contributed by atoms with Crippen molar-refractivity contribution in [3.05, 3.63) is 39.4 Å². The molecule has 1 atom stereocenters. The summed E-state index contributed by atoms with van der Waals surface area (Å²) in [6, 6.07) is 4.64. The second-order valence-electron chi connectivity index (χ2n) is 5.60. The van der Waals surface area contributed by atoms with Gasteiger partial charge in [0.25, 0.3) is 11.6 Å². The number of hydrogen-bond donors (Lipinski definition) is 1. The van der Waals surface area contributed by atoms with E-state index in [2.05, 4.69) is 5.32 Å². The van der Waals surface area contributed by atoms with Crippen LogP contribution in [0.4, 0.5) is 5.69 Å². The molecule has 0 radical (unpaired) electrons. The minimum Gasteiger partial charge on any atom is -0.341 e. The fraction of sp³-hybridized carbons (Fsp3) is 0.533. The molecule has 21 heavy (non-hydrogen) atoms. The monoisotopic (exact) mass is 291 g/mol. The maximum Gasteiger partial charge on any atom is 0.273 e. The van der Waals surface area contributed by atoms with Crippen LogP contribution in [0.3, 0.4) is 0 Å². The molecule has 1 aliphatic heterocycles. The number of nitro groups is 1. The van der Waals surface area contributed by atoms with Crippen molar-refractivity contribution >= 4 is 11.6 Å². The number of piperidine rings is 1. The van der Waals surface area contributed by atoms with Crippen LogP contribution in [0.25, 0.3) is 0 Å². The van der Waals surface area contributed by atoms with E-state index in [9.17, 15) is 14.9 Å². The largest absolute Gasteiger partial charge is 0.341 e. The van der Waals surface area contributed by atoms with E-state index in [0.717, 1.165) is 25.9 Å². The first kappa shape index (κ1) is 15.4. The lowest BCUT2D eigenvalue weighted by atomic mass is 9.98. The third kappa shape index (κ3) is 3.58. The number of nitrogens with one attached hydrogen (secondary N) is 1. The molecule has 0 aromatic heterocycles. The Morgan fingerprint density at radius 2 is 2.29 bits per heavy atom. The van der Waals surface area contributed by atoms with Gasteiger partial charge < -0.3 is 10.2 Å². The van der Waals surface area contributed by atoms with Crippen molar-refractivity contribution in [1.29, 1.82) is 0 Å². The number of carbonyl (C=O) groups is 1. The standard InChI is InChI=1S/C15H21N3O3/c1-11-13(6-3-7-14(11)18(20)21)15(19)17(2)10-12-5-4-8-16-9-12/h3,6-7,12,16H,4-5,8-10H2,1-2H3. The molecule has 1 aromatic carbocycles. The highest BCUT2D eigenvalue weighted by molar-refractivity contribution is 5.96. The lowest BCUT2D eigenvalue weighted by Gasteiger charge is -2.28. The molecular weight excluding hydrogens is 270 g/mol. The molecule has 0 spiro atoms. The van der Waals surface area contributed by atoms with E-state index < -0.39 is 4.92 Å².